The fraction of sp³-hybridized carbons (Fsp3) is 0.250. The Hall–Kier alpha value is -0.320. The fourth-order valence-electron chi connectivity index (χ4n) is 0.111. The summed E-state index contributed by atoms with van der Waals surface area (Å²) in [4.78, 5) is 9.89. The van der Waals surface area contributed by atoms with Crippen LogP contribution in [0.2, 0.25) is 0 Å². The largest absolute Gasteiger partial charge is 0.420 e. The van der Waals surface area contributed by atoms with E-state index in [1.54, 1.807) is 0 Å². The van der Waals surface area contributed by atoms with Crippen LogP contribution in [0.25, 0.3) is 0 Å². The Morgan fingerprint density at radius 3 is 1.78 bits per heavy atom. The van der Waals surface area contributed by atoms with E-state index in [-0.39, 0.29) is 0 Å². The summed E-state index contributed by atoms with van der Waals surface area (Å²) in [5.74, 6) is 0. The van der Waals surface area contributed by atoms with E-state index in [1.807, 2.05) is 0 Å². The second-order valence-electron chi connectivity index (χ2n) is 1.25. The van der Waals surface area contributed by atoms with Crippen LogP contribution in [0.1, 0.15) is 0 Å². The minimum atomic E-state index is -4.61. The first-order valence-electron chi connectivity index (χ1n) is 1.81. The standard InChI is InChI=1S/C4H2BrF3O/c1-2(3(5)9)4(6,7)8/h1H2. The van der Waals surface area contributed by atoms with Crippen LogP contribution in [-0.2, 0) is 4.79 Å². The fourth-order valence-corrected chi connectivity index (χ4v) is 0.336. The van der Waals surface area contributed by atoms with Gasteiger partial charge in [0.15, 0.2) is 0 Å². The Morgan fingerprint density at radius 1 is 1.44 bits per heavy atom. The molecule has 0 radical (unpaired) electrons. The van der Waals surface area contributed by atoms with Crippen molar-refractivity contribution in [2.45, 2.75) is 6.18 Å². The van der Waals surface area contributed by atoms with Crippen LogP contribution in [0, 0.1) is 0 Å². The molecule has 0 aliphatic heterocycles. The van der Waals surface area contributed by atoms with E-state index in [4.69, 9.17) is 0 Å². The van der Waals surface area contributed by atoms with Crippen molar-refractivity contribution >= 4 is 20.6 Å². The average molecular weight is 203 g/mol. The maximum atomic E-state index is 11.3. The van der Waals surface area contributed by atoms with Crippen molar-refractivity contribution in [2.75, 3.05) is 0 Å². The summed E-state index contributed by atoms with van der Waals surface area (Å²) < 4.78 is 32.8. The van der Waals surface area contributed by atoms with Crippen molar-refractivity contribution in [1.29, 1.82) is 0 Å². The van der Waals surface area contributed by atoms with Crippen LogP contribution in [0.15, 0.2) is 12.2 Å². The van der Waals surface area contributed by atoms with Gasteiger partial charge >= 0.3 is 6.18 Å². The zero-order chi connectivity index (χ0) is 7.65. The third-order valence-electron chi connectivity index (χ3n) is 0.579. The Bertz CT molecular complexity index is 148. The number of alkyl halides is 3. The monoisotopic (exact) mass is 202 g/mol. The molecule has 0 heterocycles. The number of hydrogen-bond donors (Lipinski definition) is 0. The molecule has 0 spiro atoms. The first-order chi connectivity index (χ1) is 3.85. The number of rotatable bonds is 1. The Kier molecular flexibility index (Phi) is 2.42. The molecule has 0 aromatic heterocycles. The van der Waals surface area contributed by atoms with E-state index in [9.17, 15) is 18.0 Å². The summed E-state index contributed by atoms with van der Waals surface area (Å²) in [5, 5.41) is 0. The van der Waals surface area contributed by atoms with Crippen LogP contribution in [0.5, 0.6) is 0 Å². The molecule has 0 N–H and O–H groups in total. The van der Waals surface area contributed by atoms with Gasteiger partial charge in [-0.15, -0.1) is 0 Å². The Labute approximate surface area is 57.7 Å². The molecule has 0 rings (SSSR count). The molecule has 0 fully saturated rings. The summed E-state index contributed by atoms with van der Waals surface area (Å²) in [6, 6.07) is 0. The van der Waals surface area contributed by atoms with E-state index in [2.05, 4.69) is 22.5 Å². The van der Waals surface area contributed by atoms with Crippen LogP contribution in [0.4, 0.5) is 13.2 Å². The van der Waals surface area contributed by atoms with Crippen molar-refractivity contribution in [3.8, 4) is 0 Å². The van der Waals surface area contributed by atoms with Crippen LogP contribution < -0.4 is 0 Å². The highest BCUT2D eigenvalue weighted by Gasteiger charge is 2.35. The smallest absolute Gasteiger partial charge is 0.281 e. The third-order valence-corrected chi connectivity index (χ3v) is 1.06. The summed E-state index contributed by atoms with van der Waals surface area (Å²) >= 11 is 2.12. The molecule has 0 atom stereocenters. The van der Waals surface area contributed by atoms with Crippen molar-refractivity contribution in [3.63, 3.8) is 0 Å². The van der Waals surface area contributed by atoms with Crippen molar-refractivity contribution in [2.24, 2.45) is 0 Å². The van der Waals surface area contributed by atoms with Gasteiger partial charge in [-0.1, -0.05) is 6.58 Å². The number of hydrogen-bond acceptors (Lipinski definition) is 1. The van der Waals surface area contributed by atoms with Gasteiger partial charge in [-0.05, 0) is 15.9 Å². The predicted molar refractivity (Wildman–Crippen MR) is 29.1 cm³/mol. The van der Waals surface area contributed by atoms with E-state index in [1.165, 1.54) is 0 Å². The SMILES string of the molecule is C=C(C(=O)Br)C(F)(F)F. The molecule has 52 valence electrons. The molecule has 0 aromatic carbocycles. The Morgan fingerprint density at radius 2 is 1.78 bits per heavy atom. The highest BCUT2D eigenvalue weighted by molar-refractivity contribution is 9.18. The highest BCUT2D eigenvalue weighted by Crippen LogP contribution is 2.25. The number of carbonyl (C=O) groups is 1. The van der Waals surface area contributed by atoms with Crippen molar-refractivity contribution in [3.05, 3.63) is 12.2 Å². The molecule has 0 amide bonds. The van der Waals surface area contributed by atoms with Gasteiger partial charge in [0.2, 0.25) is 4.69 Å². The molecule has 1 nitrogen and oxygen atoms in total. The average Bonchev–Trinajstić information content (AvgIpc) is 1.62. The second kappa shape index (κ2) is 2.51. The van der Waals surface area contributed by atoms with E-state index >= 15 is 0 Å². The van der Waals surface area contributed by atoms with Crippen LogP contribution in [0.3, 0.4) is 0 Å². The van der Waals surface area contributed by atoms with Gasteiger partial charge in [0.25, 0.3) is 0 Å². The lowest BCUT2D eigenvalue weighted by Crippen LogP contribution is -2.14. The molecule has 0 saturated carbocycles. The summed E-state index contributed by atoms with van der Waals surface area (Å²) in [5.41, 5.74) is -1.39. The maximum Gasteiger partial charge on any atom is 0.420 e. The highest BCUT2D eigenvalue weighted by atomic mass is 79.9. The molecule has 0 aliphatic carbocycles. The molecule has 0 aliphatic rings. The van der Waals surface area contributed by atoms with Gasteiger partial charge in [0.1, 0.15) is 5.57 Å². The van der Waals surface area contributed by atoms with Gasteiger partial charge < -0.3 is 0 Å². The van der Waals surface area contributed by atoms with Gasteiger partial charge in [-0.3, -0.25) is 4.79 Å². The minimum Gasteiger partial charge on any atom is -0.281 e. The predicted octanol–water partition coefficient (Wildman–Crippen LogP) is 2.03. The number of halogens is 4. The van der Waals surface area contributed by atoms with Gasteiger partial charge in [0.05, 0.1) is 0 Å². The molecule has 0 saturated heterocycles. The molecule has 0 bridgehead atoms. The topological polar surface area (TPSA) is 17.1 Å². The summed E-state index contributed by atoms with van der Waals surface area (Å²) in [6.45, 7) is 2.50. The van der Waals surface area contributed by atoms with Gasteiger partial charge in [-0.25, -0.2) is 0 Å². The molecular formula is C4H2BrF3O. The van der Waals surface area contributed by atoms with Gasteiger partial charge in [0, 0.05) is 0 Å². The summed E-state index contributed by atoms with van der Waals surface area (Å²) in [6.07, 6.45) is -4.61. The van der Waals surface area contributed by atoms with Crippen LogP contribution >= 0.6 is 15.9 Å². The number of carbonyl (C=O) groups excluding carboxylic acids is 1. The number of allylic oxidation sites excluding steroid dienone is 1. The normalized spacial score (nSPS) is 11.1. The van der Waals surface area contributed by atoms with E-state index < -0.39 is 16.4 Å². The lowest BCUT2D eigenvalue weighted by Gasteiger charge is -2.03. The second-order valence-corrected chi connectivity index (χ2v) is 1.97. The zero-order valence-electron chi connectivity index (χ0n) is 4.13. The van der Waals surface area contributed by atoms with E-state index in [0.29, 0.717) is 0 Å². The van der Waals surface area contributed by atoms with Crippen LogP contribution in [-0.4, -0.2) is 10.9 Å². The molecule has 0 aromatic rings. The van der Waals surface area contributed by atoms with Crippen molar-refractivity contribution in [1.82, 2.24) is 0 Å². The Balaban J connectivity index is 4.23. The third kappa shape index (κ3) is 2.64. The minimum absolute atomic E-state index is 1.23. The lowest BCUT2D eigenvalue weighted by atomic mass is 10.3. The summed E-state index contributed by atoms with van der Waals surface area (Å²) in [7, 11) is 0. The van der Waals surface area contributed by atoms with Crippen molar-refractivity contribution < 1.29 is 18.0 Å². The van der Waals surface area contributed by atoms with Gasteiger partial charge in [-0.2, -0.15) is 13.2 Å². The maximum absolute atomic E-state index is 11.3. The zero-order valence-corrected chi connectivity index (χ0v) is 5.71. The first-order valence-corrected chi connectivity index (χ1v) is 2.61. The first kappa shape index (κ1) is 8.68. The molecule has 0 unspecified atom stereocenters. The molecular weight excluding hydrogens is 201 g/mol. The molecule has 5 heteroatoms. The lowest BCUT2D eigenvalue weighted by molar-refractivity contribution is -0.121. The quantitative estimate of drug-likeness (QED) is 0.470. The molecule has 9 heavy (non-hydrogen) atoms. The van der Waals surface area contributed by atoms with E-state index in [0.717, 1.165) is 0 Å².